The zero-order chi connectivity index (χ0) is 12.3. The van der Waals surface area contributed by atoms with Crippen LogP contribution in [0.2, 0.25) is 0 Å². The van der Waals surface area contributed by atoms with E-state index < -0.39 is 29.0 Å². The molecule has 0 atom stereocenters. The van der Waals surface area contributed by atoms with E-state index in [1.54, 1.807) is 0 Å². The minimum atomic E-state index is -1.13. The van der Waals surface area contributed by atoms with Crippen molar-refractivity contribution in [3.05, 3.63) is 17.7 Å². The first-order valence-corrected chi connectivity index (χ1v) is 4.41. The second-order valence-electron chi connectivity index (χ2n) is 3.17. The van der Waals surface area contributed by atoms with Gasteiger partial charge in [0.15, 0.2) is 17.3 Å². The predicted octanol–water partition coefficient (Wildman–Crippen LogP) is 0.851. The zero-order valence-corrected chi connectivity index (χ0v) is 8.17. The summed E-state index contributed by atoms with van der Waals surface area (Å²) in [5.74, 6) is -3.33. The number of carbonyl (C=O) groups excluding carboxylic acids is 1. The molecule has 0 radical (unpaired) electrons. The van der Waals surface area contributed by atoms with Crippen LogP contribution in [0.15, 0.2) is 12.1 Å². The van der Waals surface area contributed by atoms with Gasteiger partial charge < -0.3 is 20.4 Å². The smallest absolute Gasteiger partial charge is 0.303 e. The molecule has 0 amide bonds. The van der Waals surface area contributed by atoms with Gasteiger partial charge >= 0.3 is 5.97 Å². The third kappa shape index (κ3) is 2.63. The summed E-state index contributed by atoms with van der Waals surface area (Å²) in [5.41, 5.74) is -0.212. The van der Waals surface area contributed by atoms with Crippen LogP contribution < -0.4 is 0 Å². The lowest BCUT2D eigenvalue weighted by molar-refractivity contribution is -0.136. The maximum Gasteiger partial charge on any atom is 0.303 e. The van der Waals surface area contributed by atoms with Crippen molar-refractivity contribution in [3.63, 3.8) is 0 Å². The molecule has 0 aliphatic heterocycles. The maximum atomic E-state index is 11.4. The first kappa shape index (κ1) is 11.8. The fourth-order valence-electron chi connectivity index (χ4n) is 1.14. The summed E-state index contributed by atoms with van der Waals surface area (Å²) in [4.78, 5) is 21.7. The van der Waals surface area contributed by atoms with Crippen molar-refractivity contribution in [3.8, 4) is 17.2 Å². The Labute approximate surface area is 90.4 Å². The molecule has 16 heavy (non-hydrogen) atoms. The fraction of sp³-hybridized carbons (Fsp3) is 0.200. The van der Waals surface area contributed by atoms with E-state index in [4.69, 9.17) is 15.3 Å². The molecule has 0 fully saturated rings. The highest BCUT2D eigenvalue weighted by atomic mass is 16.4. The van der Waals surface area contributed by atoms with E-state index in [2.05, 4.69) is 0 Å². The number of carbonyl (C=O) groups is 2. The minimum Gasteiger partial charge on any atom is -0.507 e. The lowest BCUT2D eigenvalue weighted by Gasteiger charge is -2.05. The van der Waals surface area contributed by atoms with E-state index in [0.29, 0.717) is 0 Å². The Balaban J connectivity index is 2.91. The Bertz CT molecular complexity index is 437. The van der Waals surface area contributed by atoms with E-state index in [9.17, 15) is 14.7 Å². The van der Waals surface area contributed by atoms with Crippen LogP contribution in [0.4, 0.5) is 0 Å². The average Bonchev–Trinajstić information content (AvgIpc) is 2.20. The van der Waals surface area contributed by atoms with Gasteiger partial charge in [0, 0.05) is 12.5 Å². The Kier molecular flexibility index (Phi) is 3.34. The van der Waals surface area contributed by atoms with Crippen molar-refractivity contribution in [2.24, 2.45) is 0 Å². The molecule has 6 nitrogen and oxygen atoms in total. The molecule has 0 bridgehead atoms. The van der Waals surface area contributed by atoms with Gasteiger partial charge in [-0.15, -0.1) is 0 Å². The van der Waals surface area contributed by atoms with E-state index in [-0.39, 0.29) is 18.4 Å². The second-order valence-corrected chi connectivity index (χ2v) is 3.17. The predicted molar refractivity (Wildman–Crippen MR) is 52.6 cm³/mol. The number of aromatic hydroxyl groups is 3. The molecule has 0 heterocycles. The molecule has 86 valence electrons. The minimum absolute atomic E-state index is 0.212. The quantitative estimate of drug-likeness (QED) is 0.343. The van der Waals surface area contributed by atoms with Crippen LogP contribution in [0.1, 0.15) is 23.2 Å². The highest BCUT2D eigenvalue weighted by molar-refractivity contribution is 6.00. The SMILES string of the molecule is O=C(O)CCC(=O)c1cc(O)c(O)cc1O. The van der Waals surface area contributed by atoms with Crippen molar-refractivity contribution in [1.29, 1.82) is 0 Å². The second kappa shape index (κ2) is 4.52. The van der Waals surface area contributed by atoms with Gasteiger partial charge in [-0.2, -0.15) is 0 Å². The molecule has 0 aromatic heterocycles. The summed E-state index contributed by atoms with van der Waals surface area (Å²) in [6, 6.07) is 1.72. The Morgan fingerprint density at radius 3 is 2.06 bits per heavy atom. The number of ketones is 1. The lowest BCUT2D eigenvalue weighted by atomic mass is 10.0. The molecule has 0 aliphatic carbocycles. The fourth-order valence-corrected chi connectivity index (χ4v) is 1.14. The molecule has 6 heteroatoms. The number of aliphatic carboxylic acids is 1. The van der Waals surface area contributed by atoms with Gasteiger partial charge in [-0.1, -0.05) is 0 Å². The van der Waals surface area contributed by atoms with Crippen LogP contribution in [0.3, 0.4) is 0 Å². The van der Waals surface area contributed by atoms with Gasteiger partial charge in [0.1, 0.15) is 5.75 Å². The highest BCUT2D eigenvalue weighted by Crippen LogP contribution is 2.32. The van der Waals surface area contributed by atoms with Crippen molar-refractivity contribution in [2.45, 2.75) is 12.8 Å². The molecular weight excluding hydrogens is 216 g/mol. The zero-order valence-electron chi connectivity index (χ0n) is 8.17. The van der Waals surface area contributed by atoms with Crippen molar-refractivity contribution >= 4 is 11.8 Å². The molecule has 0 unspecified atom stereocenters. The summed E-state index contributed by atoms with van der Waals surface area (Å²) in [5, 5.41) is 35.8. The summed E-state index contributed by atoms with van der Waals surface area (Å²) in [6.07, 6.45) is -0.646. The number of Topliss-reactive ketones (excluding diaryl/α,β-unsaturated/α-hetero) is 1. The van der Waals surface area contributed by atoms with Crippen LogP contribution in [-0.4, -0.2) is 32.2 Å². The third-order valence-corrected chi connectivity index (χ3v) is 1.96. The number of phenols is 3. The van der Waals surface area contributed by atoms with E-state index in [0.717, 1.165) is 12.1 Å². The molecule has 0 spiro atoms. The Morgan fingerprint density at radius 1 is 0.938 bits per heavy atom. The molecule has 1 aromatic carbocycles. The first-order valence-electron chi connectivity index (χ1n) is 4.41. The summed E-state index contributed by atoms with van der Waals surface area (Å²) >= 11 is 0. The Morgan fingerprint density at radius 2 is 1.50 bits per heavy atom. The van der Waals surface area contributed by atoms with Gasteiger partial charge in [-0.3, -0.25) is 9.59 Å². The number of hydrogen-bond acceptors (Lipinski definition) is 5. The monoisotopic (exact) mass is 226 g/mol. The number of benzene rings is 1. The van der Waals surface area contributed by atoms with Crippen molar-refractivity contribution in [1.82, 2.24) is 0 Å². The summed E-state index contributed by atoms with van der Waals surface area (Å²) in [7, 11) is 0. The Hall–Kier alpha value is -2.24. The van der Waals surface area contributed by atoms with Crippen molar-refractivity contribution in [2.75, 3.05) is 0 Å². The molecule has 0 aliphatic rings. The van der Waals surface area contributed by atoms with Gasteiger partial charge in [0.05, 0.1) is 12.0 Å². The van der Waals surface area contributed by atoms with Crippen LogP contribution in [-0.2, 0) is 4.79 Å². The van der Waals surface area contributed by atoms with Crippen molar-refractivity contribution < 1.29 is 30.0 Å². The number of hydrogen-bond donors (Lipinski definition) is 4. The topological polar surface area (TPSA) is 115 Å². The molecule has 4 N–H and O–H groups in total. The highest BCUT2D eigenvalue weighted by Gasteiger charge is 2.15. The molecule has 1 rings (SSSR count). The summed E-state index contributed by atoms with van der Waals surface area (Å²) < 4.78 is 0. The van der Waals surface area contributed by atoms with E-state index in [1.807, 2.05) is 0 Å². The third-order valence-electron chi connectivity index (χ3n) is 1.96. The first-order chi connectivity index (χ1) is 7.41. The molecule has 0 saturated heterocycles. The number of rotatable bonds is 4. The number of carboxylic acid groups (broad SMARTS) is 1. The van der Waals surface area contributed by atoms with Crippen LogP contribution in [0, 0.1) is 0 Å². The normalized spacial score (nSPS) is 10.0. The van der Waals surface area contributed by atoms with Crippen LogP contribution in [0.25, 0.3) is 0 Å². The van der Waals surface area contributed by atoms with Gasteiger partial charge in [0.25, 0.3) is 0 Å². The van der Waals surface area contributed by atoms with Crippen LogP contribution >= 0.6 is 0 Å². The largest absolute Gasteiger partial charge is 0.507 e. The lowest BCUT2D eigenvalue weighted by Crippen LogP contribution is -2.04. The maximum absolute atomic E-state index is 11.4. The van der Waals surface area contributed by atoms with Gasteiger partial charge in [-0.25, -0.2) is 0 Å². The van der Waals surface area contributed by atoms with Crippen LogP contribution in [0.5, 0.6) is 17.2 Å². The van der Waals surface area contributed by atoms with E-state index >= 15 is 0 Å². The van der Waals surface area contributed by atoms with Gasteiger partial charge in [-0.05, 0) is 6.07 Å². The van der Waals surface area contributed by atoms with Gasteiger partial charge in [0.2, 0.25) is 0 Å². The molecular formula is C10H10O6. The summed E-state index contributed by atoms with van der Waals surface area (Å²) in [6.45, 7) is 0. The standard InChI is InChI=1S/C10H10O6/c11-6(1-2-10(15)16)5-3-8(13)9(14)4-7(5)12/h3-4,12-14H,1-2H2,(H,15,16). The molecule has 1 aromatic rings. The molecule has 0 saturated carbocycles. The number of carboxylic acids is 1. The number of phenolic OH excluding ortho intramolecular Hbond substituents is 3. The average molecular weight is 226 g/mol. The van der Waals surface area contributed by atoms with E-state index in [1.165, 1.54) is 0 Å².